The minimum absolute atomic E-state index is 0.257. The Labute approximate surface area is 146 Å². The molecule has 0 aliphatic rings. The van der Waals surface area contributed by atoms with Crippen LogP contribution in [0.15, 0.2) is 12.2 Å². The van der Waals surface area contributed by atoms with E-state index in [1.807, 2.05) is 0 Å². The van der Waals surface area contributed by atoms with Crippen LogP contribution in [0.25, 0.3) is 0 Å². The highest BCUT2D eigenvalue weighted by Crippen LogP contribution is 2.38. The standard InChI is InChI=1S/C12H16F6O6S2/c1-4-8(24-9(19)5-7(2)3)6-10(25(20,21)11(13,14)15)26(22,23)12(16,17)18/h8,10H,2,4-6H2,1,3H3. The monoisotopic (exact) mass is 434 g/mol. The molecule has 0 aromatic heterocycles. The van der Waals surface area contributed by atoms with Crippen LogP contribution < -0.4 is 0 Å². The summed E-state index contributed by atoms with van der Waals surface area (Å²) in [4.78, 5) is 11.5. The third-order valence-electron chi connectivity index (χ3n) is 2.99. The SMILES string of the molecule is C=C(C)CC(=O)OC(CC)CC(S(=O)(=O)C(F)(F)F)S(=O)(=O)C(F)(F)F. The molecule has 0 saturated carbocycles. The van der Waals surface area contributed by atoms with Crippen LogP contribution in [0.4, 0.5) is 26.3 Å². The summed E-state index contributed by atoms with van der Waals surface area (Å²) in [6.07, 6.45) is -4.37. The van der Waals surface area contributed by atoms with E-state index in [9.17, 15) is 48.0 Å². The fourth-order valence-electron chi connectivity index (χ4n) is 1.70. The largest absolute Gasteiger partial charge is 0.498 e. The third kappa shape index (κ3) is 5.86. The number of sulfone groups is 2. The number of halogens is 6. The first-order valence-electron chi connectivity index (χ1n) is 6.82. The van der Waals surface area contributed by atoms with Gasteiger partial charge in [-0.3, -0.25) is 4.79 Å². The second-order valence-electron chi connectivity index (χ2n) is 5.30. The molecule has 0 heterocycles. The van der Waals surface area contributed by atoms with Crippen LogP contribution in [0, 0.1) is 0 Å². The molecule has 0 fully saturated rings. The van der Waals surface area contributed by atoms with Gasteiger partial charge in [0.25, 0.3) is 19.7 Å². The first-order valence-corrected chi connectivity index (χ1v) is 9.91. The van der Waals surface area contributed by atoms with Crippen molar-refractivity contribution < 1.29 is 52.7 Å². The fraction of sp³-hybridized carbons (Fsp3) is 0.750. The molecule has 14 heteroatoms. The molecule has 0 amide bonds. The lowest BCUT2D eigenvalue weighted by Gasteiger charge is -2.24. The maximum absolute atomic E-state index is 12.7. The van der Waals surface area contributed by atoms with E-state index in [1.165, 1.54) is 6.92 Å². The van der Waals surface area contributed by atoms with E-state index >= 15 is 0 Å². The summed E-state index contributed by atoms with van der Waals surface area (Å²) in [5, 5.41) is 0. The van der Waals surface area contributed by atoms with Crippen molar-refractivity contribution in [3.05, 3.63) is 12.2 Å². The van der Waals surface area contributed by atoms with Crippen molar-refractivity contribution in [2.75, 3.05) is 0 Å². The van der Waals surface area contributed by atoms with Gasteiger partial charge in [0.15, 0.2) is 4.58 Å². The van der Waals surface area contributed by atoms with Crippen LogP contribution in [0.1, 0.15) is 33.1 Å². The van der Waals surface area contributed by atoms with E-state index in [0.717, 1.165) is 6.92 Å². The molecular weight excluding hydrogens is 418 g/mol. The Balaban J connectivity index is 5.99. The van der Waals surface area contributed by atoms with Crippen molar-refractivity contribution in [1.29, 1.82) is 0 Å². The Hall–Kier alpha value is -1.31. The predicted octanol–water partition coefficient (Wildman–Crippen LogP) is 2.86. The van der Waals surface area contributed by atoms with Gasteiger partial charge < -0.3 is 4.74 Å². The number of rotatable bonds is 8. The molecule has 0 N–H and O–H groups in total. The summed E-state index contributed by atoms with van der Waals surface area (Å²) in [7, 11) is -13.5. The number of carbonyl (C=O) groups is 1. The summed E-state index contributed by atoms with van der Waals surface area (Å²) in [6.45, 7) is 5.89. The lowest BCUT2D eigenvalue weighted by Crippen LogP contribution is -2.46. The van der Waals surface area contributed by atoms with Gasteiger partial charge in [-0.2, -0.15) is 26.3 Å². The van der Waals surface area contributed by atoms with Crippen LogP contribution in [0.3, 0.4) is 0 Å². The van der Waals surface area contributed by atoms with E-state index in [1.54, 1.807) is 0 Å². The smallest absolute Gasteiger partial charge is 0.462 e. The van der Waals surface area contributed by atoms with Crippen LogP contribution >= 0.6 is 0 Å². The molecule has 0 radical (unpaired) electrons. The molecule has 26 heavy (non-hydrogen) atoms. The minimum atomic E-state index is -6.76. The highest BCUT2D eigenvalue weighted by atomic mass is 32.3. The highest BCUT2D eigenvalue weighted by molar-refractivity contribution is 8.09. The van der Waals surface area contributed by atoms with E-state index in [0.29, 0.717) is 0 Å². The van der Waals surface area contributed by atoms with E-state index in [4.69, 9.17) is 0 Å². The molecule has 0 aliphatic heterocycles. The molecule has 0 aromatic carbocycles. The average Bonchev–Trinajstić information content (AvgIpc) is 2.39. The first-order chi connectivity index (χ1) is 11.4. The molecule has 0 spiro atoms. The maximum Gasteiger partial charge on any atom is 0.498 e. The van der Waals surface area contributed by atoms with Crippen molar-refractivity contribution in [2.24, 2.45) is 0 Å². The van der Waals surface area contributed by atoms with Crippen molar-refractivity contribution in [2.45, 2.75) is 54.8 Å². The number of esters is 1. The van der Waals surface area contributed by atoms with Gasteiger partial charge in [0, 0.05) is 6.42 Å². The summed E-state index contributed by atoms with van der Waals surface area (Å²) < 4.78 is 122. The Morgan fingerprint density at radius 1 is 1.00 bits per heavy atom. The van der Waals surface area contributed by atoms with Crippen LogP contribution in [0.2, 0.25) is 0 Å². The average molecular weight is 434 g/mol. The second-order valence-corrected chi connectivity index (χ2v) is 9.84. The summed E-state index contributed by atoms with van der Waals surface area (Å²) in [6, 6.07) is 0. The molecule has 1 atom stereocenters. The molecule has 0 aromatic rings. The van der Waals surface area contributed by atoms with Gasteiger partial charge in [-0.1, -0.05) is 19.1 Å². The predicted molar refractivity (Wildman–Crippen MR) is 78.0 cm³/mol. The zero-order valence-electron chi connectivity index (χ0n) is 13.5. The van der Waals surface area contributed by atoms with Gasteiger partial charge in [0.2, 0.25) is 0 Å². The normalized spacial score (nSPS) is 15.0. The Morgan fingerprint density at radius 2 is 1.38 bits per heavy atom. The zero-order valence-corrected chi connectivity index (χ0v) is 15.1. The molecule has 0 saturated heterocycles. The van der Waals surface area contributed by atoms with Gasteiger partial charge in [-0.25, -0.2) is 16.8 Å². The van der Waals surface area contributed by atoms with Gasteiger partial charge >= 0.3 is 17.0 Å². The van der Waals surface area contributed by atoms with Crippen LogP contribution in [-0.2, 0) is 29.2 Å². The molecule has 0 rings (SSSR count). The summed E-state index contributed by atoms with van der Waals surface area (Å²) in [5.41, 5.74) is -12.3. The van der Waals surface area contributed by atoms with Crippen LogP contribution in [0.5, 0.6) is 0 Å². The van der Waals surface area contributed by atoms with Gasteiger partial charge in [0.1, 0.15) is 6.10 Å². The molecule has 0 bridgehead atoms. The molecule has 1 unspecified atom stereocenters. The van der Waals surface area contributed by atoms with Crippen molar-refractivity contribution in [1.82, 2.24) is 0 Å². The first kappa shape index (κ1) is 24.7. The van der Waals surface area contributed by atoms with Gasteiger partial charge in [0.05, 0.1) is 6.42 Å². The molecule has 0 aliphatic carbocycles. The quantitative estimate of drug-likeness (QED) is 0.331. The Morgan fingerprint density at radius 3 is 1.65 bits per heavy atom. The summed E-state index contributed by atoms with van der Waals surface area (Å²) in [5.74, 6) is -1.10. The minimum Gasteiger partial charge on any atom is -0.462 e. The van der Waals surface area contributed by atoms with Crippen LogP contribution in [-0.4, -0.2) is 44.5 Å². The molecule has 154 valence electrons. The van der Waals surface area contributed by atoms with E-state index in [2.05, 4.69) is 11.3 Å². The third-order valence-corrected chi connectivity index (χ3v) is 7.57. The lowest BCUT2D eigenvalue weighted by molar-refractivity contribution is -0.148. The van der Waals surface area contributed by atoms with Gasteiger partial charge in [-0.15, -0.1) is 0 Å². The number of ether oxygens (including phenoxy) is 1. The lowest BCUT2D eigenvalue weighted by atomic mass is 10.2. The fourth-order valence-corrected chi connectivity index (χ4v) is 5.23. The van der Waals surface area contributed by atoms with Gasteiger partial charge in [-0.05, 0) is 13.3 Å². The van der Waals surface area contributed by atoms with E-state index in [-0.39, 0.29) is 5.57 Å². The summed E-state index contributed by atoms with van der Waals surface area (Å²) >= 11 is 0. The highest BCUT2D eigenvalue weighted by Gasteiger charge is 2.63. The number of alkyl halides is 6. The maximum atomic E-state index is 12.7. The number of carbonyl (C=O) groups excluding carboxylic acids is 1. The van der Waals surface area contributed by atoms with Crippen molar-refractivity contribution >= 4 is 25.6 Å². The van der Waals surface area contributed by atoms with Crippen molar-refractivity contribution in [3.63, 3.8) is 0 Å². The Kier molecular flexibility index (Phi) is 7.74. The molecule has 6 nitrogen and oxygen atoms in total. The van der Waals surface area contributed by atoms with E-state index < -0.39 is 66.6 Å². The van der Waals surface area contributed by atoms with Crippen molar-refractivity contribution in [3.8, 4) is 0 Å². The number of hydrogen-bond acceptors (Lipinski definition) is 6. The topological polar surface area (TPSA) is 94.6 Å². The molecular formula is C12H16F6O6S2. The zero-order chi connectivity index (χ0) is 21.1. The Bertz CT molecular complexity index is 691. The second kappa shape index (κ2) is 8.15. The number of hydrogen-bond donors (Lipinski definition) is 0.